The molecular formula is C35H47FN6O6S. The van der Waals surface area contributed by atoms with Gasteiger partial charge in [-0.3, -0.25) is 19.6 Å². The lowest BCUT2D eigenvalue weighted by Gasteiger charge is -2.36. The molecule has 0 saturated carbocycles. The Balaban J connectivity index is 1.46. The summed E-state index contributed by atoms with van der Waals surface area (Å²) in [5.74, 6) is -1.19. The van der Waals surface area contributed by atoms with Crippen LogP contribution in [0.15, 0.2) is 53.7 Å². The Morgan fingerprint density at radius 2 is 1.73 bits per heavy atom. The topological polar surface area (TPSA) is 118 Å². The van der Waals surface area contributed by atoms with Crippen molar-refractivity contribution in [2.24, 2.45) is 5.41 Å². The van der Waals surface area contributed by atoms with Crippen LogP contribution < -0.4 is 13.9 Å². The van der Waals surface area contributed by atoms with Gasteiger partial charge in [0.2, 0.25) is 5.88 Å². The third-order valence-corrected chi connectivity index (χ3v) is 10.5. The predicted molar refractivity (Wildman–Crippen MR) is 186 cm³/mol. The number of piperazine rings is 1. The van der Waals surface area contributed by atoms with E-state index in [0.29, 0.717) is 44.6 Å². The number of methoxy groups -OCH3 is 1. The van der Waals surface area contributed by atoms with Gasteiger partial charge >= 0.3 is 5.97 Å². The van der Waals surface area contributed by atoms with Gasteiger partial charge in [0, 0.05) is 63.6 Å². The molecule has 5 rings (SSSR count). The number of benzene rings is 1. The van der Waals surface area contributed by atoms with Crippen molar-refractivity contribution in [3.63, 3.8) is 0 Å². The van der Waals surface area contributed by atoms with E-state index in [1.807, 2.05) is 11.0 Å². The summed E-state index contributed by atoms with van der Waals surface area (Å²) in [4.78, 5) is 28.0. The van der Waals surface area contributed by atoms with Gasteiger partial charge in [-0.05, 0) is 70.5 Å². The smallest absolute Gasteiger partial charge is 0.312 e. The third-order valence-electron chi connectivity index (χ3n) is 8.75. The highest BCUT2D eigenvalue weighted by molar-refractivity contribution is 7.93. The number of hydrogen-bond donors (Lipinski definition) is 0. The van der Waals surface area contributed by atoms with Crippen LogP contribution in [0.4, 0.5) is 15.8 Å². The number of esters is 1. The van der Waals surface area contributed by atoms with E-state index in [9.17, 15) is 13.2 Å². The molecule has 0 radical (unpaired) electrons. The molecular weight excluding hydrogens is 651 g/mol. The molecule has 2 saturated heterocycles. The zero-order chi connectivity index (χ0) is 35.3. The van der Waals surface area contributed by atoms with E-state index in [1.165, 1.54) is 37.6 Å². The second-order valence-corrected chi connectivity index (χ2v) is 15.4. The van der Waals surface area contributed by atoms with E-state index in [4.69, 9.17) is 14.2 Å². The Morgan fingerprint density at radius 3 is 2.37 bits per heavy atom. The van der Waals surface area contributed by atoms with Crippen LogP contribution in [0.2, 0.25) is 0 Å². The lowest BCUT2D eigenvalue weighted by Crippen LogP contribution is -2.48. The van der Waals surface area contributed by atoms with Crippen LogP contribution in [-0.4, -0.2) is 107 Å². The molecule has 49 heavy (non-hydrogen) atoms. The number of rotatable bonds is 11. The number of sulfonamides is 1. The minimum atomic E-state index is -4.46. The van der Waals surface area contributed by atoms with Crippen LogP contribution in [0.3, 0.4) is 0 Å². The maximum Gasteiger partial charge on any atom is 0.312 e. The standard InChI is InChI=1S/C35H47FN6O6S/c1-25(2)40-13-11-39(12-14-40)23-26-7-8-29(30(36)19-26)31-20-27(9-10-37-31)42(24-48-34(43)35(3,4)5)49(44,45)32-21-28(22-38-33(32)46-6)41-15-17-47-18-16-41/h7-10,19-22,25H,11-18,23-24H2,1-6H3. The zero-order valence-corrected chi connectivity index (χ0v) is 30.0. The van der Waals surface area contributed by atoms with Gasteiger partial charge in [-0.1, -0.05) is 6.07 Å². The first-order valence-corrected chi connectivity index (χ1v) is 18.0. The largest absolute Gasteiger partial charge is 0.480 e. The summed E-state index contributed by atoms with van der Waals surface area (Å²) in [6.45, 7) is 15.3. The molecule has 2 fully saturated rings. The molecule has 14 heteroatoms. The third kappa shape index (κ3) is 8.66. The van der Waals surface area contributed by atoms with Crippen molar-refractivity contribution in [2.75, 3.05) is 75.5 Å². The van der Waals surface area contributed by atoms with Gasteiger partial charge in [0.25, 0.3) is 10.0 Å². The van der Waals surface area contributed by atoms with Crippen molar-refractivity contribution in [2.45, 2.75) is 52.1 Å². The molecule has 0 aliphatic carbocycles. The quantitative estimate of drug-likeness (QED) is 0.210. The number of pyridine rings is 2. The number of halogens is 1. The molecule has 0 N–H and O–H groups in total. The Labute approximate surface area is 288 Å². The summed E-state index contributed by atoms with van der Waals surface area (Å²) < 4.78 is 62.0. The van der Waals surface area contributed by atoms with Gasteiger partial charge in [0.1, 0.15) is 5.82 Å². The first-order valence-electron chi connectivity index (χ1n) is 16.6. The minimum Gasteiger partial charge on any atom is -0.480 e. The monoisotopic (exact) mass is 698 g/mol. The molecule has 0 unspecified atom stereocenters. The van der Waals surface area contributed by atoms with Crippen molar-refractivity contribution in [1.29, 1.82) is 0 Å². The van der Waals surface area contributed by atoms with Crippen LogP contribution in [-0.2, 0) is 30.8 Å². The van der Waals surface area contributed by atoms with Gasteiger partial charge in [-0.2, -0.15) is 0 Å². The fourth-order valence-corrected chi connectivity index (χ4v) is 7.22. The van der Waals surface area contributed by atoms with Gasteiger partial charge in [0.15, 0.2) is 11.6 Å². The summed E-state index contributed by atoms with van der Waals surface area (Å²) in [7, 11) is -3.13. The van der Waals surface area contributed by atoms with E-state index in [2.05, 4.69) is 33.6 Å². The second kappa shape index (κ2) is 15.4. The Kier molecular flexibility index (Phi) is 11.4. The highest BCUT2D eigenvalue weighted by Gasteiger charge is 2.33. The number of anilines is 2. The Bertz CT molecular complexity index is 1720. The molecule has 2 aromatic heterocycles. The maximum absolute atomic E-state index is 15.7. The average Bonchev–Trinajstić information content (AvgIpc) is 3.08. The number of carbonyl (C=O) groups excluding carboxylic acids is 1. The summed E-state index contributed by atoms with van der Waals surface area (Å²) in [6, 6.07) is 9.98. The first-order chi connectivity index (χ1) is 23.3. The number of hydrogen-bond acceptors (Lipinski definition) is 11. The number of morpholine rings is 1. The molecule has 4 heterocycles. The number of ether oxygens (including phenoxy) is 3. The molecule has 2 aliphatic heterocycles. The maximum atomic E-state index is 15.7. The van der Waals surface area contributed by atoms with Crippen molar-refractivity contribution in [3.05, 3.63) is 60.2 Å². The molecule has 0 bridgehead atoms. The number of carbonyl (C=O) groups is 1. The molecule has 1 aromatic carbocycles. The van der Waals surface area contributed by atoms with E-state index < -0.39 is 34.0 Å². The summed E-state index contributed by atoms with van der Waals surface area (Å²) >= 11 is 0. The van der Waals surface area contributed by atoms with Gasteiger partial charge in [0.05, 0.1) is 49.0 Å². The highest BCUT2D eigenvalue weighted by atomic mass is 32.2. The Hall–Kier alpha value is -3.85. The molecule has 3 aromatic rings. The van der Waals surface area contributed by atoms with Crippen LogP contribution in [0, 0.1) is 11.2 Å². The van der Waals surface area contributed by atoms with Crippen LogP contribution in [0.5, 0.6) is 5.88 Å². The average molecular weight is 699 g/mol. The van der Waals surface area contributed by atoms with E-state index in [1.54, 1.807) is 33.0 Å². The van der Waals surface area contributed by atoms with Crippen molar-refractivity contribution in [1.82, 2.24) is 19.8 Å². The van der Waals surface area contributed by atoms with E-state index in [0.717, 1.165) is 36.0 Å². The normalized spacial score (nSPS) is 16.5. The zero-order valence-electron chi connectivity index (χ0n) is 29.2. The summed E-state index contributed by atoms with van der Waals surface area (Å²) in [5.41, 5.74) is 1.09. The lowest BCUT2D eigenvalue weighted by atomic mass is 9.98. The van der Waals surface area contributed by atoms with E-state index in [-0.39, 0.29) is 27.7 Å². The van der Waals surface area contributed by atoms with Crippen molar-refractivity contribution in [3.8, 4) is 17.1 Å². The highest BCUT2D eigenvalue weighted by Crippen LogP contribution is 2.34. The fourth-order valence-electron chi connectivity index (χ4n) is 5.77. The summed E-state index contributed by atoms with van der Waals surface area (Å²) in [6.07, 6.45) is 2.95. The molecule has 266 valence electrons. The number of aromatic nitrogens is 2. The minimum absolute atomic E-state index is 0.120. The second-order valence-electron chi connectivity index (χ2n) is 13.6. The van der Waals surface area contributed by atoms with Gasteiger partial charge in [-0.25, -0.2) is 22.1 Å². The van der Waals surface area contributed by atoms with Gasteiger partial charge in [-0.15, -0.1) is 0 Å². The van der Waals surface area contributed by atoms with Gasteiger partial charge < -0.3 is 19.1 Å². The van der Waals surface area contributed by atoms with Crippen LogP contribution >= 0.6 is 0 Å². The van der Waals surface area contributed by atoms with Crippen LogP contribution in [0.1, 0.15) is 40.2 Å². The van der Waals surface area contributed by atoms with Crippen molar-refractivity contribution >= 4 is 27.4 Å². The Morgan fingerprint density at radius 1 is 1.02 bits per heavy atom. The molecule has 0 amide bonds. The molecule has 0 spiro atoms. The van der Waals surface area contributed by atoms with E-state index >= 15 is 4.39 Å². The van der Waals surface area contributed by atoms with Crippen molar-refractivity contribution < 1.29 is 31.8 Å². The van der Waals surface area contributed by atoms with Crippen LogP contribution in [0.25, 0.3) is 11.3 Å². The molecule has 2 aliphatic rings. The number of nitrogens with zero attached hydrogens (tertiary/aromatic N) is 6. The molecule has 12 nitrogen and oxygen atoms in total. The SMILES string of the molecule is COc1ncc(N2CCOCC2)cc1S(=O)(=O)N(COC(=O)C(C)(C)C)c1ccnc(-c2ccc(CN3CCN(C(C)C)CC3)cc2F)c1. The first kappa shape index (κ1) is 36.4. The fraction of sp³-hybridized carbons (Fsp3) is 0.514. The predicted octanol–water partition coefficient (Wildman–Crippen LogP) is 4.40. The molecule has 0 atom stereocenters. The lowest BCUT2D eigenvalue weighted by molar-refractivity contribution is -0.152. The summed E-state index contributed by atoms with van der Waals surface area (Å²) in [5, 5.41) is 0.